The molecule has 0 aromatic heterocycles. The highest BCUT2D eigenvalue weighted by molar-refractivity contribution is 6.70. The van der Waals surface area contributed by atoms with E-state index < -0.39 is 8.32 Å². The molecule has 1 unspecified atom stereocenters. The molecule has 0 aliphatic heterocycles. The van der Waals surface area contributed by atoms with Gasteiger partial charge in [-0.3, -0.25) is 0 Å². The van der Waals surface area contributed by atoms with Crippen molar-refractivity contribution in [3.8, 4) is 0 Å². The smallest absolute Gasteiger partial charge is 0.241 e. The second kappa shape index (κ2) is 5.60. The average molecular weight is 252 g/mol. The maximum Gasteiger partial charge on any atom is 0.241 e. The van der Waals surface area contributed by atoms with Gasteiger partial charge in [-0.15, -0.1) is 0 Å². The summed E-state index contributed by atoms with van der Waals surface area (Å²) in [5.74, 6) is 3.12. The fraction of sp³-hybridized carbons (Fsp3) is 0.867. The van der Waals surface area contributed by atoms with Gasteiger partial charge in [-0.2, -0.15) is 0 Å². The SMILES string of the molecule is C[Si](C)(C)OC1=CC(C2CCCCC2)CCC1. The van der Waals surface area contributed by atoms with Crippen molar-refractivity contribution in [1.82, 2.24) is 0 Å². The van der Waals surface area contributed by atoms with Crippen LogP contribution in [0.15, 0.2) is 11.8 Å². The van der Waals surface area contributed by atoms with E-state index >= 15 is 0 Å². The Labute approximate surface area is 108 Å². The number of hydrogen-bond donors (Lipinski definition) is 0. The van der Waals surface area contributed by atoms with Crippen molar-refractivity contribution in [3.63, 3.8) is 0 Å². The van der Waals surface area contributed by atoms with Crippen LogP contribution in [0, 0.1) is 11.8 Å². The van der Waals surface area contributed by atoms with Crippen LogP contribution in [0.5, 0.6) is 0 Å². The first kappa shape index (κ1) is 13.2. The summed E-state index contributed by atoms with van der Waals surface area (Å²) >= 11 is 0. The van der Waals surface area contributed by atoms with E-state index in [0.717, 1.165) is 11.8 Å². The molecule has 1 saturated carbocycles. The van der Waals surface area contributed by atoms with Crippen LogP contribution in [0.1, 0.15) is 51.4 Å². The number of hydrogen-bond acceptors (Lipinski definition) is 1. The molecule has 2 heteroatoms. The molecule has 0 saturated heterocycles. The van der Waals surface area contributed by atoms with Gasteiger partial charge in [0.1, 0.15) is 0 Å². The van der Waals surface area contributed by atoms with Crippen molar-refractivity contribution in [2.75, 3.05) is 0 Å². The molecule has 1 nitrogen and oxygen atoms in total. The maximum atomic E-state index is 6.20. The highest BCUT2D eigenvalue weighted by Crippen LogP contribution is 2.37. The molecule has 0 bridgehead atoms. The van der Waals surface area contributed by atoms with Gasteiger partial charge in [0.05, 0.1) is 5.76 Å². The lowest BCUT2D eigenvalue weighted by atomic mass is 9.76. The zero-order valence-corrected chi connectivity index (χ0v) is 12.8. The Balaban J connectivity index is 1.96. The van der Waals surface area contributed by atoms with E-state index in [2.05, 4.69) is 25.7 Å². The highest BCUT2D eigenvalue weighted by atomic mass is 28.4. The van der Waals surface area contributed by atoms with Crippen molar-refractivity contribution in [2.45, 2.75) is 71.0 Å². The first-order chi connectivity index (χ1) is 8.04. The van der Waals surface area contributed by atoms with Crippen molar-refractivity contribution in [2.24, 2.45) is 11.8 Å². The summed E-state index contributed by atoms with van der Waals surface area (Å²) in [6.07, 6.45) is 13.7. The molecule has 2 rings (SSSR count). The standard InChI is InChI=1S/C15H28OSi/c1-17(2,3)16-15-11-7-10-14(12-15)13-8-5-4-6-9-13/h12-14H,4-11H2,1-3H3. The van der Waals surface area contributed by atoms with Gasteiger partial charge in [-0.05, 0) is 63.2 Å². The second-order valence-corrected chi connectivity index (χ2v) is 11.2. The molecule has 0 amide bonds. The predicted molar refractivity (Wildman–Crippen MR) is 76.4 cm³/mol. The fourth-order valence-electron chi connectivity index (χ4n) is 3.33. The Morgan fingerprint density at radius 1 is 1.00 bits per heavy atom. The molecule has 2 aliphatic rings. The maximum absolute atomic E-state index is 6.20. The molecule has 0 spiro atoms. The summed E-state index contributed by atoms with van der Waals surface area (Å²) in [5.41, 5.74) is 0. The van der Waals surface area contributed by atoms with Crippen molar-refractivity contribution in [1.29, 1.82) is 0 Å². The van der Waals surface area contributed by atoms with Gasteiger partial charge in [-0.1, -0.05) is 19.3 Å². The van der Waals surface area contributed by atoms with Crippen molar-refractivity contribution < 1.29 is 4.43 Å². The third-order valence-electron chi connectivity index (χ3n) is 4.05. The summed E-state index contributed by atoms with van der Waals surface area (Å²) in [6, 6.07) is 0. The molecular formula is C15H28OSi. The zero-order chi connectivity index (χ0) is 12.3. The van der Waals surface area contributed by atoms with Crippen LogP contribution in [-0.4, -0.2) is 8.32 Å². The molecule has 2 aliphatic carbocycles. The Kier molecular flexibility index (Phi) is 4.35. The predicted octanol–water partition coefficient (Wildman–Crippen LogP) is 5.10. The normalized spacial score (nSPS) is 27.7. The van der Waals surface area contributed by atoms with Crippen LogP contribution in [0.2, 0.25) is 19.6 Å². The zero-order valence-electron chi connectivity index (χ0n) is 11.8. The van der Waals surface area contributed by atoms with Crippen LogP contribution in [0.3, 0.4) is 0 Å². The summed E-state index contributed by atoms with van der Waals surface area (Å²) in [7, 11) is -1.39. The first-order valence-corrected chi connectivity index (χ1v) is 10.9. The summed E-state index contributed by atoms with van der Waals surface area (Å²) in [6.45, 7) is 6.87. The fourth-order valence-corrected chi connectivity index (χ4v) is 4.29. The molecule has 0 heterocycles. The largest absolute Gasteiger partial charge is 0.548 e. The molecule has 0 aromatic carbocycles. The van der Waals surface area contributed by atoms with Gasteiger partial charge in [0, 0.05) is 6.42 Å². The average Bonchev–Trinajstić information content (AvgIpc) is 2.28. The summed E-state index contributed by atoms with van der Waals surface area (Å²) in [5, 5.41) is 0. The third-order valence-corrected chi connectivity index (χ3v) is 4.93. The van der Waals surface area contributed by atoms with Crippen molar-refractivity contribution in [3.05, 3.63) is 11.8 Å². The Morgan fingerprint density at radius 3 is 2.35 bits per heavy atom. The van der Waals surface area contributed by atoms with Gasteiger partial charge < -0.3 is 4.43 Å². The molecule has 0 aromatic rings. The molecule has 17 heavy (non-hydrogen) atoms. The Morgan fingerprint density at radius 2 is 1.71 bits per heavy atom. The van der Waals surface area contributed by atoms with E-state index in [1.165, 1.54) is 57.1 Å². The van der Waals surface area contributed by atoms with E-state index in [0.29, 0.717) is 0 Å². The summed E-state index contributed by atoms with van der Waals surface area (Å²) in [4.78, 5) is 0. The molecule has 1 atom stereocenters. The van der Waals surface area contributed by atoms with E-state index in [1.807, 2.05) is 0 Å². The van der Waals surface area contributed by atoms with Gasteiger partial charge >= 0.3 is 0 Å². The van der Waals surface area contributed by atoms with E-state index in [4.69, 9.17) is 4.43 Å². The third kappa shape index (κ3) is 4.17. The Bertz CT molecular complexity index is 271. The van der Waals surface area contributed by atoms with Crippen molar-refractivity contribution >= 4 is 8.32 Å². The van der Waals surface area contributed by atoms with E-state index in [9.17, 15) is 0 Å². The van der Waals surface area contributed by atoms with Crippen LogP contribution >= 0.6 is 0 Å². The minimum absolute atomic E-state index is 0.829. The lowest BCUT2D eigenvalue weighted by Crippen LogP contribution is -2.27. The summed E-state index contributed by atoms with van der Waals surface area (Å²) < 4.78 is 6.20. The molecule has 0 radical (unpaired) electrons. The monoisotopic (exact) mass is 252 g/mol. The molecule has 0 N–H and O–H groups in total. The topological polar surface area (TPSA) is 9.23 Å². The second-order valence-electron chi connectivity index (χ2n) is 6.80. The van der Waals surface area contributed by atoms with E-state index in [-0.39, 0.29) is 0 Å². The quantitative estimate of drug-likeness (QED) is 0.635. The number of allylic oxidation sites excluding steroid dienone is 2. The molecule has 1 fully saturated rings. The van der Waals surface area contributed by atoms with Crippen LogP contribution in [0.4, 0.5) is 0 Å². The lowest BCUT2D eigenvalue weighted by Gasteiger charge is -2.33. The van der Waals surface area contributed by atoms with Gasteiger partial charge in [-0.25, -0.2) is 0 Å². The molecular weight excluding hydrogens is 224 g/mol. The minimum atomic E-state index is -1.39. The van der Waals surface area contributed by atoms with Crippen LogP contribution in [0.25, 0.3) is 0 Å². The Hall–Kier alpha value is -0.243. The molecule has 98 valence electrons. The highest BCUT2D eigenvalue weighted by Gasteiger charge is 2.26. The van der Waals surface area contributed by atoms with Gasteiger partial charge in [0.2, 0.25) is 8.32 Å². The van der Waals surface area contributed by atoms with Crippen LogP contribution < -0.4 is 0 Å². The van der Waals surface area contributed by atoms with E-state index in [1.54, 1.807) is 0 Å². The number of rotatable bonds is 3. The van der Waals surface area contributed by atoms with Gasteiger partial charge in [0.15, 0.2) is 0 Å². The van der Waals surface area contributed by atoms with Gasteiger partial charge in [0.25, 0.3) is 0 Å². The minimum Gasteiger partial charge on any atom is -0.548 e. The lowest BCUT2D eigenvalue weighted by molar-refractivity contribution is 0.249. The first-order valence-electron chi connectivity index (χ1n) is 7.44. The van der Waals surface area contributed by atoms with Crippen LogP contribution in [-0.2, 0) is 4.43 Å².